The number of fused-ring (bicyclic) bond motifs is 1. The van der Waals surface area contributed by atoms with Crippen molar-refractivity contribution in [2.24, 2.45) is 0 Å². The van der Waals surface area contributed by atoms with E-state index in [0.29, 0.717) is 5.95 Å². The fourth-order valence-electron chi connectivity index (χ4n) is 2.50. The number of nitrogens with one attached hydrogen (secondary N) is 2. The maximum atomic E-state index is 4.60. The molecule has 0 unspecified atom stereocenters. The van der Waals surface area contributed by atoms with Gasteiger partial charge in [0, 0.05) is 31.1 Å². The molecule has 0 aliphatic heterocycles. The van der Waals surface area contributed by atoms with Crippen LogP contribution in [0.25, 0.3) is 10.9 Å². The van der Waals surface area contributed by atoms with Gasteiger partial charge in [0.25, 0.3) is 0 Å². The predicted molar refractivity (Wildman–Crippen MR) is 87.8 cm³/mol. The first-order valence-corrected chi connectivity index (χ1v) is 7.72. The Kier molecular flexibility index (Phi) is 4.20. The average molecular weight is 285 g/mol. The van der Waals surface area contributed by atoms with Crippen molar-refractivity contribution in [3.8, 4) is 0 Å². The molecule has 1 aliphatic carbocycles. The molecule has 5 heteroatoms. The number of rotatable bonds is 7. The van der Waals surface area contributed by atoms with Crippen molar-refractivity contribution in [2.75, 3.05) is 37.3 Å². The summed E-state index contributed by atoms with van der Waals surface area (Å²) in [5.74, 6) is 1.61. The van der Waals surface area contributed by atoms with Crippen molar-refractivity contribution in [3.63, 3.8) is 0 Å². The molecule has 2 N–H and O–H groups in total. The van der Waals surface area contributed by atoms with E-state index in [1.54, 1.807) is 0 Å². The topological polar surface area (TPSA) is 53.1 Å². The quantitative estimate of drug-likeness (QED) is 0.819. The van der Waals surface area contributed by atoms with Crippen LogP contribution in [0.15, 0.2) is 24.3 Å². The van der Waals surface area contributed by atoms with Crippen LogP contribution in [0.4, 0.5) is 11.8 Å². The Morgan fingerprint density at radius 2 is 2.00 bits per heavy atom. The molecular weight excluding hydrogens is 262 g/mol. The molecule has 1 aromatic heterocycles. The van der Waals surface area contributed by atoms with E-state index in [1.807, 2.05) is 18.2 Å². The maximum absolute atomic E-state index is 4.60. The molecule has 2 aromatic rings. The predicted octanol–water partition coefficient (Wildman–Crippen LogP) is 2.57. The summed E-state index contributed by atoms with van der Waals surface area (Å²) in [5, 5.41) is 7.74. The maximum Gasteiger partial charge on any atom is 0.225 e. The SMILES string of the molecule is CCNc1nc(NCCN(C)C2CC2)c2ccccc2n1. The molecule has 0 saturated heterocycles. The molecule has 0 radical (unpaired) electrons. The molecule has 3 rings (SSSR count). The van der Waals surface area contributed by atoms with Gasteiger partial charge in [0.15, 0.2) is 0 Å². The van der Waals surface area contributed by atoms with E-state index < -0.39 is 0 Å². The van der Waals surface area contributed by atoms with E-state index in [1.165, 1.54) is 12.8 Å². The van der Waals surface area contributed by atoms with E-state index in [0.717, 1.165) is 42.4 Å². The van der Waals surface area contributed by atoms with Crippen LogP contribution in [0.2, 0.25) is 0 Å². The summed E-state index contributed by atoms with van der Waals surface area (Å²) >= 11 is 0. The molecule has 1 heterocycles. The normalized spacial score (nSPS) is 14.6. The van der Waals surface area contributed by atoms with Gasteiger partial charge in [0.2, 0.25) is 5.95 Å². The van der Waals surface area contributed by atoms with Gasteiger partial charge in [-0.25, -0.2) is 4.98 Å². The van der Waals surface area contributed by atoms with Gasteiger partial charge in [0.1, 0.15) is 5.82 Å². The summed E-state index contributed by atoms with van der Waals surface area (Å²) < 4.78 is 0. The van der Waals surface area contributed by atoms with Gasteiger partial charge in [0.05, 0.1) is 5.52 Å². The molecule has 0 bridgehead atoms. The summed E-state index contributed by atoms with van der Waals surface area (Å²) in [5.41, 5.74) is 0.974. The molecule has 1 aliphatic rings. The fourth-order valence-corrected chi connectivity index (χ4v) is 2.50. The second-order valence-electron chi connectivity index (χ2n) is 5.58. The van der Waals surface area contributed by atoms with Crippen LogP contribution in [0.1, 0.15) is 19.8 Å². The van der Waals surface area contributed by atoms with Crippen LogP contribution < -0.4 is 10.6 Å². The molecular formula is C16H23N5. The second kappa shape index (κ2) is 6.26. The standard InChI is InChI=1S/C16H23N5/c1-3-17-16-19-14-7-5-4-6-13(14)15(20-16)18-10-11-21(2)12-8-9-12/h4-7,12H,3,8-11H2,1-2H3,(H2,17,18,19,20). The van der Waals surface area contributed by atoms with E-state index in [9.17, 15) is 0 Å². The largest absolute Gasteiger partial charge is 0.368 e. The zero-order chi connectivity index (χ0) is 14.7. The average Bonchev–Trinajstić information content (AvgIpc) is 3.32. The molecule has 21 heavy (non-hydrogen) atoms. The smallest absolute Gasteiger partial charge is 0.225 e. The Hall–Kier alpha value is -1.88. The van der Waals surface area contributed by atoms with E-state index >= 15 is 0 Å². The summed E-state index contributed by atoms with van der Waals surface area (Å²) in [6.07, 6.45) is 2.69. The number of anilines is 2. The number of hydrogen-bond donors (Lipinski definition) is 2. The highest BCUT2D eigenvalue weighted by atomic mass is 15.2. The minimum atomic E-state index is 0.689. The van der Waals surface area contributed by atoms with Crippen molar-refractivity contribution in [1.29, 1.82) is 0 Å². The van der Waals surface area contributed by atoms with Gasteiger partial charge < -0.3 is 15.5 Å². The van der Waals surface area contributed by atoms with Gasteiger partial charge in [-0.05, 0) is 38.9 Å². The van der Waals surface area contributed by atoms with Crippen molar-refractivity contribution in [1.82, 2.24) is 14.9 Å². The monoisotopic (exact) mass is 285 g/mol. The first-order valence-electron chi connectivity index (χ1n) is 7.72. The Morgan fingerprint density at radius 1 is 1.19 bits per heavy atom. The number of para-hydroxylation sites is 1. The van der Waals surface area contributed by atoms with Crippen molar-refractivity contribution in [2.45, 2.75) is 25.8 Å². The van der Waals surface area contributed by atoms with E-state index in [2.05, 4.69) is 45.5 Å². The van der Waals surface area contributed by atoms with Gasteiger partial charge in [-0.1, -0.05) is 12.1 Å². The van der Waals surface area contributed by atoms with Crippen LogP contribution in [0.5, 0.6) is 0 Å². The van der Waals surface area contributed by atoms with Crippen molar-refractivity contribution >= 4 is 22.7 Å². The van der Waals surface area contributed by atoms with Crippen LogP contribution in [0.3, 0.4) is 0 Å². The third kappa shape index (κ3) is 3.42. The molecule has 112 valence electrons. The van der Waals surface area contributed by atoms with E-state index in [-0.39, 0.29) is 0 Å². The van der Waals surface area contributed by atoms with Gasteiger partial charge >= 0.3 is 0 Å². The molecule has 1 saturated carbocycles. The lowest BCUT2D eigenvalue weighted by Crippen LogP contribution is -2.27. The summed E-state index contributed by atoms with van der Waals surface area (Å²) in [7, 11) is 2.20. The summed E-state index contributed by atoms with van der Waals surface area (Å²) in [6.45, 7) is 4.82. The number of hydrogen-bond acceptors (Lipinski definition) is 5. The fraction of sp³-hybridized carbons (Fsp3) is 0.500. The molecule has 0 amide bonds. The molecule has 1 fully saturated rings. The second-order valence-corrected chi connectivity index (χ2v) is 5.58. The summed E-state index contributed by atoms with van der Waals surface area (Å²) in [4.78, 5) is 11.5. The third-order valence-electron chi connectivity index (χ3n) is 3.87. The van der Waals surface area contributed by atoms with Gasteiger partial charge in [-0.15, -0.1) is 0 Å². The van der Waals surface area contributed by atoms with Gasteiger partial charge in [-0.2, -0.15) is 4.98 Å². The Morgan fingerprint density at radius 3 is 2.76 bits per heavy atom. The Bertz CT molecular complexity index is 609. The minimum Gasteiger partial charge on any atom is -0.368 e. The molecule has 0 spiro atoms. The summed E-state index contributed by atoms with van der Waals surface area (Å²) in [6, 6.07) is 8.93. The lowest BCUT2D eigenvalue weighted by atomic mass is 10.2. The van der Waals surface area contributed by atoms with Crippen molar-refractivity contribution in [3.05, 3.63) is 24.3 Å². The number of aromatic nitrogens is 2. The molecule has 1 aromatic carbocycles. The third-order valence-corrected chi connectivity index (χ3v) is 3.87. The highest BCUT2D eigenvalue weighted by Gasteiger charge is 2.25. The van der Waals surface area contributed by atoms with Crippen LogP contribution in [-0.4, -0.2) is 47.6 Å². The van der Waals surface area contributed by atoms with Crippen LogP contribution in [0, 0.1) is 0 Å². The van der Waals surface area contributed by atoms with Crippen molar-refractivity contribution < 1.29 is 0 Å². The lowest BCUT2D eigenvalue weighted by Gasteiger charge is -2.17. The van der Waals surface area contributed by atoms with Gasteiger partial charge in [-0.3, -0.25) is 0 Å². The number of benzene rings is 1. The minimum absolute atomic E-state index is 0.689. The lowest BCUT2D eigenvalue weighted by molar-refractivity contribution is 0.337. The number of likely N-dealkylation sites (N-methyl/N-ethyl adjacent to an activating group) is 1. The zero-order valence-corrected chi connectivity index (χ0v) is 12.8. The van der Waals surface area contributed by atoms with Crippen LogP contribution in [-0.2, 0) is 0 Å². The van der Waals surface area contributed by atoms with Crippen LogP contribution >= 0.6 is 0 Å². The Labute approximate surface area is 125 Å². The Balaban J connectivity index is 1.75. The molecule has 0 atom stereocenters. The number of nitrogens with zero attached hydrogens (tertiary/aromatic N) is 3. The van der Waals surface area contributed by atoms with E-state index in [4.69, 9.17) is 0 Å². The first kappa shape index (κ1) is 14.1. The zero-order valence-electron chi connectivity index (χ0n) is 12.8. The molecule has 5 nitrogen and oxygen atoms in total. The highest BCUT2D eigenvalue weighted by molar-refractivity contribution is 5.89. The highest BCUT2D eigenvalue weighted by Crippen LogP contribution is 2.25. The first-order chi connectivity index (χ1) is 10.3.